The molecule has 0 aliphatic rings. The molecular weight excluding hydrogens is 354 g/mol. The van der Waals surface area contributed by atoms with Crippen molar-refractivity contribution < 1.29 is 14.3 Å². The molecule has 0 radical (unpaired) electrons. The molecule has 1 aromatic carbocycles. The van der Waals surface area contributed by atoms with Gasteiger partial charge in [0.2, 0.25) is 0 Å². The van der Waals surface area contributed by atoms with Crippen LogP contribution in [0.1, 0.15) is 22.2 Å². The zero-order chi connectivity index (χ0) is 18.5. The SMILES string of the molecule is CCOC(=O)c1sc2ncnc(NNC(=O)Nc3ccccc3)c2c1C. The van der Waals surface area contributed by atoms with Gasteiger partial charge in [-0.15, -0.1) is 11.3 Å². The van der Waals surface area contributed by atoms with Crippen molar-refractivity contribution in [3.63, 3.8) is 0 Å². The number of aromatic nitrogens is 2. The van der Waals surface area contributed by atoms with Gasteiger partial charge < -0.3 is 10.1 Å². The molecular formula is C17H17N5O3S. The summed E-state index contributed by atoms with van der Waals surface area (Å²) in [5.74, 6) is 0.0104. The lowest BCUT2D eigenvalue weighted by atomic mass is 10.2. The number of nitrogens with one attached hydrogen (secondary N) is 3. The Morgan fingerprint density at radius 1 is 1.19 bits per heavy atom. The number of esters is 1. The van der Waals surface area contributed by atoms with Gasteiger partial charge in [-0.05, 0) is 31.5 Å². The first-order valence-electron chi connectivity index (χ1n) is 7.89. The molecule has 0 saturated heterocycles. The molecule has 2 heterocycles. The molecule has 3 aromatic rings. The smallest absolute Gasteiger partial charge is 0.348 e. The van der Waals surface area contributed by atoms with E-state index in [2.05, 4.69) is 26.1 Å². The van der Waals surface area contributed by atoms with Gasteiger partial charge in [-0.25, -0.2) is 19.6 Å². The number of hydrazine groups is 1. The van der Waals surface area contributed by atoms with Gasteiger partial charge in [0.05, 0.1) is 12.0 Å². The molecule has 3 rings (SSSR count). The van der Waals surface area contributed by atoms with E-state index in [1.165, 1.54) is 17.7 Å². The number of hydrogen-bond acceptors (Lipinski definition) is 7. The van der Waals surface area contributed by atoms with Crippen LogP contribution in [0.3, 0.4) is 0 Å². The van der Waals surface area contributed by atoms with Crippen molar-refractivity contribution in [2.45, 2.75) is 13.8 Å². The minimum absolute atomic E-state index is 0.296. The van der Waals surface area contributed by atoms with Crippen molar-refractivity contribution in [1.29, 1.82) is 0 Å². The van der Waals surface area contributed by atoms with Gasteiger partial charge in [-0.2, -0.15) is 0 Å². The molecule has 0 aliphatic carbocycles. The molecule has 2 amide bonds. The summed E-state index contributed by atoms with van der Waals surface area (Å²) in [6.07, 6.45) is 1.37. The highest BCUT2D eigenvalue weighted by atomic mass is 32.1. The van der Waals surface area contributed by atoms with Gasteiger partial charge in [0, 0.05) is 5.69 Å². The van der Waals surface area contributed by atoms with Gasteiger partial charge in [0.15, 0.2) is 5.82 Å². The number of nitrogens with zero attached hydrogens (tertiary/aromatic N) is 2. The summed E-state index contributed by atoms with van der Waals surface area (Å²) in [5, 5.41) is 3.35. The first-order chi connectivity index (χ1) is 12.6. The van der Waals surface area contributed by atoms with E-state index in [4.69, 9.17) is 4.74 Å². The van der Waals surface area contributed by atoms with E-state index in [1.54, 1.807) is 26.0 Å². The number of carbonyl (C=O) groups excluding carboxylic acids is 2. The summed E-state index contributed by atoms with van der Waals surface area (Å²) in [7, 11) is 0. The average molecular weight is 371 g/mol. The number of urea groups is 1. The third-order valence-corrected chi connectivity index (χ3v) is 4.69. The fraction of sp³-hybridized carbons (Fsp3) is 0.176. The van der Waals surface area contributed by atoms with E-state index in [-0.39, 0.29) is 0 Å². The van der Waals surface area contributed by atoms with Crippen LogP contribution in [0.15, 0.2) is 36.7 Å². The molecule has 0 spiro atoms. The van der Waals surface area contributed by atoms with Crippen LogP contribution in [0.25, 0.3) is 10.2 Å². The maximum Gasteiger partial charge on any atom is 0.348 e. The standard InChI is InChI=1S/C17H17N5O3S/c1-3-25-16(23)13-10(2)12-14(18-9-19-15(12)26-13)21-22-17(24)20-11-7-5-4-6-8-11/h4-9H,3H2,1-2H3,(H,18,19,21)(H2,20,22,24). The van der Waals surface area contributed by atoms with Crippen molar-refractivity contribution in [1.82, 2.24) is 15.4 Å². The van der Waals surface area contributed by atoms with Gasteiger partial charge in [0.1, 0.15) is 16.0 Å². The van der Waals surface area contributed by atoms with E-state index in [1.807, 2.05) is 18.2 Å². The van der Waals surface area contributed by atoms with E-state index in [0.29, 0.717) is 38.8 Å². The van der Waals surface area contributed by atoms with Gasteiger partial charge >= 0.3 is 12.0 Å². The van der Waals surface area contributed by atoms with Crippen LogP contribution in [-0.4, -0.2) is 28.6 Å². The molecule has 26 heavy (non-hydrogen) atoms. The maximum atomic E-state index is 12.1. The first-order valence-corrected chi connectivity index (χ1v) is 8.71. The molecule has 0 bridgehead atoms. The molecule has 0 aliphatic heterocycles. The summed E-state index contributed by atoms with van der Waals surface area (Å²) in [4.78, 5) is 33.5. The fourth-order valence-electron chi connectivity index (χ4n) is 2.36. The Morgan fingerprint density at radius 3 is 2.69 bits per heavy atom. The zero-order valence-electron chi connectivity index (χ0n) is 14.2. The number of ether oxygens (including phenoxy) is 1. The number of benzene rings is 1. The summed E-state index contributed by atoms with van der Waals surface area (Å²) < 4.78 is 5.07. The number of hydrogen-bond donors (Lipinski definition) is 3. The molecule has 0 atom stereocenters. The number of para-hydroxylation sites is 1. The van der Waals surface area contributed by atoms with Crippen LogP contribution in [-0.2, 0) is 4.74 Å². The van der Waals surface area contributed by atoms with Crippen LogP contribution in [0.5, 0.6) is 0 Å². The zero-order valence-corrected chi connectivity index (χ0v) is 15.0. The molecule has 134 valence electrons. The van der Waals surface area contributed by atoms with E-state index in [9.17, 15) is 9.59 Å². The Bertz CT molecular complexity index is 942. The van der Waals surface area contributed by atoms with E-state index < -0.39 is 12.0 Å². The van der Waals surface area contributed by atoms with Crippen molar-refractivity contribution >= 4 is 45.1 Å². The lowest BCUT2D eigenvalue weighted by Gasteiger charge is -2.10. The molecule has 8 nitrogen and oxygen atoms in total. The van der Waals surface area contributed by atoms with Crippen LogP contribution in [0, 0.1) is 6.92 Å². The van der Waals surface area contributed by atoms with Crippen LogP contribution < -0.4 is 16.2 Å². The number of amides is 2. The number of aryl methyl sites for hydroxylation is 1. The van der Waals surface area contributed by atoms with E-state index in [0.717, 1.165) is 0 Å². The highest BCUT2D eigenvalue weighted by Crippen LogP contribution is 2.33. The number of anilines is 2. The normalized spacial score (nSPS) is 10.4. The Labute approximate surface area is 153 Å². The Hall–Kier alpha value is -3.20. The first kappa shape index (κ1) is 17.6. The van der Waals surface area contributed by atoms with Gasteiger partial charge in [-0.1, -0.05) is 18.2 Å². The fourth-order valence-corrected chi connectivity index (χ4v) is 3.40. The maximum absolute atomic E-state index is 12.1. The molecule has 0 unspecified atom stereocenters. The second-order valence-corrected chi connectivity index (χ2v) is 6.25. The van der Waals surface area contributed by atoms with Crippen molar-refractivity contribution in [3.8, 4) is 0 Å². The molecule has 0 saturated carbocycles. The summed E-state index contributed by atoms with van der Waals surface area (Å²) in [6, 6.07) is 8.61. The second-order valence-electron chi connectivity index (χ2n) is 5.25. The molecule has 2 aromatic heterocycles. The summed E-state index contributed by atoms with van der Waals surface area (Å²) in [5.41, 5.74) is 6.67. The van der Waals surface area contributed by atoms with Crippen molar-refractivity contribution in [2.75, 3.05) is 17.3 Å². The Kier molecular flexibility index (Phi) is 5.28. The monoisotopic (exact) mass is 371 g/mol. The van der Waals surface area contributed by atoms with Crippen molar-refractivity contribution in [3.05, 3.63) is 47.1 Å². The Morgan fingerprint density at radius 2 is 1.96 bits per heavy atom. The number of fused-ring (bicyclic) bond motifs is 1. The summed E-state index contributed by atoms with van der Waals surface area (Å²) in [6.45, 7) is 3.84. The minimum Gasteiger partial charge on any atom is -0.462 e. The quantitative estimate of drug-likeness (QED) is 0.469. The molecule has 0 fully saturated rings. The molecule has 3 N–H and O–H groups in total. The third kappa shape index (κ3) is 3.72. The van der Waals surface area contributed by atoms with Gasteiger partial charge in [0.25, 0.3) is 0 Å². The molecule has 9 heteroatoms. The van der Waals surface area contributed by atoms with Gasteiger partial charge in [-0.3, -0.25) is 10.9 Å². The highest BCUT2D eigenvalue weighted by molar-refractivity contribution is 7.20. The average Bonchev–Trinajstić information content (AvgIpc) is 2.99. The third-order valence-electron chi connectivity index (χ3n) is 3.51. The number of thiophene rings is 1. The largest absolute Gasteiger partial charge is 0.462 e. The Balaban J connectivity index is 1.77. The van der Waals surface area contributed by atoms with E-state index >= 15 is 0 Å². The predicted molar refractivity (Wildman–Crippen MR) is 100 cm³/mol. The second kappa shape index (κ2) is 7.79. The number of carbonyl (C=O) groups is 2. The predicted octanol–water partition coefficient (Wildman–Crippen LogP) is 3.33. The lowest BCUT2D eigenvalue weighted by Crippen LogP contribution is -2.34. The number of rotatable bonds is 5. The highest BCUT2D eigenvalue weighted by Gasteiger charge is 2.20. The van der Waals surface area contributed by atoms with Crippen LogP contribution in [0.2, 0.25) is 0 Å². The van der Waals surface area contributed by atoms with Crippen LogP contribution >= 0.6 is 11.3 Å². The lowest BCUT2D eigenvalue weighted by molar-refractivity contribution is 0.0531. The van der Waals surface area contributed by atoms with Crippen LogP contribution in [0.4, 0.5) is 16.3 Å². The topological polar surface area (TPSA) is 105 Å². The minimum atomic E-state index is -0.443. The summed E-state index contributed by atoms with van der Waals surface area (Å²) >= 11 is 1.23. The van der Waals surface area contributed by atoms with Crippen molar-refractivity contribution in [2.24, 2.45) is 0 Å².